The molecule has 0 bridgehead atoms. The Labute approximate surface area is 267 Å². The molecule has 0 unspecified atom stereocenters. The van der Waals surface area contributed by atoms with Crippen LogP contribution in [0.5, 0.6) is 0 Å². The summed E-state index contributed by atoms with van der Waals surface area (Å²) in [6, 6.07) is 29.9. The largest absolute Gasteiger partial charge is 0.460 e. The Bertz CT molecular complexity index is 1890. The lowest BCUT2D eigenvalue weighted by atomic mass is 9.64. The Morgan fingerprint density at radius 1 is 0.761 bits per heavy atom. The molecule has 2 aliphatic rings. The number of para-hydroxylation sites is 1. The van der Waals surface area contributed by atoms with E-state index in [9.17, 15) is 24.0 Å². The van der Waals surface area contributed by atoms with E-state index in [0.717, 1.165) is 21.6 Å². The number of Topliss-reactive ketones (excluding diaryl/α,β-unsaturated/α-hetero) is 2. The fourth-order valence-corrected chi connectivity index (χ4v) is 6.76. The van der Waals surface area contributed by atoms with Crippen molar-refractivity contribution in [3.8, 4) is 0 Å². The number of ether oxygens (including phenoxy) is 1. The molecule has 7 nitrogen and oxygen atoms in total. The maximum absolute atomic E-state index is 14.8. The second-order valence-corrected chi connectivity index (χ2v) is 12.0. The van der Waals surface area contributed by atoms with Crippen molar-refractivity contribution in [1.29, 1.82) is 0 Å². The zero-order valence-corrected chi connectivity index (χ0v) is 25.9. The monoisotopic (exact) mass is 611 g/mol. The third kappa shape index (κ3) is 5.17. The SMILES string of the molecule is CC(=O)N1C(=O)[C@@]2(c3ccccc31)[C@@H](C(=O)OCc1ccccc1)C(C(=O)c1ccc(C)cc1)=C[C@H]2CC(=O)c1ccc(C)cc1. The molecule has 4 aromatic rings. The third-order valence-corrected chi connectivity index (χ3v) is 9.01. The fraction of sp³-hybridized carbons (Fsp3) is 0.205. The average molecular weight is 612 g/mol. The van der Waals surface area contributed by atoms with Crippen molar-refractivity contribution in [2.75, 3.05) is 4.90 Å². The molecule has 4 aromatic carbocycles. The lowest BCUT2D eigenvalue weighted by Crippen LogP contribution is -2.52. The van der Waals surface area contributed by atoms with E-state index in [1.807, 2.05) is 56.3 Å². The van der Waals surface area contributed by atoms with Crippen LogP contribution in [-0.2, 0) is 31.1 Å². The Kier molecular flexibility index (Phi) is 8.09. The first-order chi connectivity index (χ1) is 22.1. The van der Waals surface area contributed by atoms with Gasteiger partial charge in [0.1, 0.15) is 17.9 Å². The van der Waals surface area contributed by atoms with Crippen molar-refractivity contribution in [2.24, 2.45) is 11.8 Å². The van der Waals surface area contributed by atoms with Crippen molar-refractivity contribution < 1.29 is 28.7 Å². The minimum Gasteiger partial charge on any atom is -0.460 e. The van der Waals surface area contributed by atoms with E-state index in [2.05, 4.69) is 0 Å². The number of imide groups is 1. The van der Waals surface area contributed by atoms with Crippen molar-refractivity contribution >= 4 is 35.0 Å². The Morgan fingerprint density at radius 3 is 1.98 bits per heavy atom. The average Bonchev–Trinajstić information content (AvgIpc) is 3.53. The quantitative estimate of drug-likeness (QED) is 0.167. The van der Waals surface area contributed by atoms with Gasteiger partial charge in [0.25, 0.3) is 0 Å². The van der Waals surface area contributed by atoms with Crippen LogP contribution in [-0.4, -0.2) is 29.4 Å². The van der Waals surface area contributed by atoms with E-state index in [1.54, 1.807) is 66.7 Å². The number of nitrogens with zero attached hydrogens (tertiary/aromatic N) is 1. The maximum atomic E-state index is 14.8. The van der Waals surface area contributed by atoms with Crippen LogP contribution in [0.2, 0.25) is 0 Å². The van der Waals surface area contributed by atoms with Crippen molar-refractivity contribution in [3.05, 3.63) is 148 Å². The van der Waals surface area contributed by atoms with Gasteiger partial charge < -0.3 is 4.74 Å². The van der Waals surface area contributed by atoms with Gasteiger partial charge in [0.15, 0.2) is 11.6 Å². The molecule has 1 aliphatic carbocycles. The predicted molar refractivity (Wildman–Crippen MR) is 173 cm³/mol. The number of anilines is 1. The van der Waals surface area contributed by atoms with Crippen molar-refractivity contribution in [3.63, 3.8) is 0 Å². The van der Waals surface area contributed by atoms with E-state index < -0.39 is 40.8 Å². The molecule has 1 heterocycles. The molecule has 0 fully saturated rings. The number of esters is 1. The smallest absolute Gasteiger partial charge is 0.315 e. The fourth-order valence-electron chi connectivity index (χ4n) is 6.76. The standard InChI is InChI=1S/C39H33NO6/c1-24-13-17-28(18-14-24)34(42)22-30-21-31(36(43)29-19-15-25(2)16-20-29)35(37(44)46-23-27-9-5-4-6-10-27)39(30)32-11-7-8-12-33(32)40(26(3)41)38(39)45/h4-21,30,35H,22-23H2,1-3H3/t30-,35+,39-/m0/s1. The highest BCUT2D eigenvalue weighted by Crippen LogP contribution is 2.58. The molecule has 46 heavy (non-hydrogen) atoms. The van der Waals surface area contributed by atoms with Crippen LogP contribution in [0.1, 0.15) is 56.3 Å². The molecule has 0 N–H and O–H groups in total. The number of carbonyl (C=O) groups is 5. The number of allylic oxidation sites excluding steroid dienone is 1. The number of hydrogen-bond donors (Lipinski definition) is 0. The molecule has 6 rings (SSSR count). The number of benzene rings is 4. The zero-order chi connectivity index (χ0) is 32.6. The van der Waals surface area contributed by atoms with E-state index in [-0.39, 0.29) is 24.4 Å². The van der Waals surface area contributed by atoms with Gasteiger partial charge in [-0.15, -0.1) is 0 Å². The molecule has 0 saturated heterocycles. The topological polar surface area (TPSA) is 97.8 Å². The van der Waals surface area contributed by atoms with Crippen LogP contribution in [0.4, 0.5) is 5.69 Å². The summed E-state index contributed by atoms with van der Waals surface area (Å²) < 4.78 is 5.87. The number of ketones is 2. The minimum atomic E-state index is -1.77. The van der Waals surface area contributed by atoms with Gasteiger partial charge in [-0.1, -0.05) is 114 Å². The first kappa shape index (κ1) is 30.6. The number of rotatable bonds is 8. The van der Waals surface area contributed by atoms with Gasteiger partial charge in [-0.25, -0.2) is 4.90 Å². The molecule has 0 saturated carbocycles. The first-order valence-electron chi connectivity index (χ1n) is 15.2. The van der Waals surface area contributed by atoms with Crippen LogP contribution >= 0.6 is 0 Å². The van der Waals surface area contributed by atoms with E-state index >= 15 is 0 Å². The van der Waals surface area contributed by atoms with Gasteiger partial charge in [0.2, 0.25) is 11.8 Å². The van der Waals surface area contributed by atoms with Gasteiger partial charge in [0, 0.05) is 36.0 Å². The summed E-state index contributed by atoms with van der Waals surface area (Å²) in [5, 5.41) is 0. The van der Waals surface area contributed by atoms with Gasteiger partial charge in [0.05, 0.1) is 5.69 Å². The second kappa shape index (κ2) is 12.2. The molecular weight excluding hydrogens is 578 g/mol. The van der Waals surface area contributed by atoms with Crippen LogP contribution in [0.25, 0.3) is 0 Å². The van der Waals surface area contributed by atoms with Gasteiger partial charge in [-0.05, 0) is 31.0 Å². The number of hydrogen-bond acceptors (Lipinski definition) is 6. The second-order valence-electron chi connectivity index (χ2n) is 12.0. The lowest BCUT2D eigenvalue weighted by Gasteiger charge is -2.35. The summed E-state index contributed by atoms with van der Waals surface area (Å²) >= 11 is 0. The highest BCUT2D eigenvalue weighted by atomic mass is 16.5. The maximum Gasteiger partial charge on any atom is 0.315 e. The third-order valence-electron chi connectivity index (χ3n) is 9.01. The summed E-state index contributed by atoms with van der Waals surface area (Å²) in [4.78, 5) is 71.4. The number of amides is 2. The highest BCUT2D eigenvalue weighted by molar-refractivity contribution is 6.26. The normalized spacial score (nSPS) is 19.9. The molecule has 3 atom stereocenters. The molecule has 0 aromatic heterocycles. The number of carbonyl (C=O) groups excluding carboxylic acids is 5. The van der Waals surface area contributed by atoms with Gasteiger partial charge >= 0.3 is 5.97 Å². The molecule has 1 spiro atoms. The summed E-state index contributed by atoms with van der Waals surface area (Å²) in [6.07, 6.45) is 1.42. The van der Waals surface area contributed by atoms with Crippen LogP contribution < -0.4 is 4.90 Å². The predicted octanol–water partition coefficient (Wildman–Crippen LogP) is 6.51. The van der Waals surface area contributed by atoms with E-state index in [0.29, 0.717) is 22.4 Å². The zero-order valence-electron chi connectivity index (χ0n) is 25.9. The summed E-state index contributed by atoms with van der Waals surface area (Å²) in [5.41, 5.74) is 2.46. The van der Waals surface area contributed by atoms with Gasteiger partial charge in [-0.2, -0.15) is 0 Å². The van der Waals surface area contributed by atoms with Crippen LogP contribution in [0, 0.1) is 25.7 Å². The van der Waals surface area contributed by atoms with E-state index in [4.69, 9.17) is 4.74 Å². The number of fused-ring (bicyclic) bond motifs is 2. The van der Waals surface area contributed by atoms with Gasteiger partial charge in [-0.3, -0.25) is 24.0 Å². The first-order valence-corrected chi connectivity index (χ1v) is 15.2. The molecule has 2 amide bonds. The van der Waals surface area contributed by atoms with E-state index in [1.165, 1.54) is 6.92 Å². The lowest BCUT2D eigenvalue weighted by molar-refractivity contribution is -0.153. The Balaban J connectivity index is 1.53. The Morgan fingerprint density at radius 2 is 1.35 bits per heavy atom. The highest BCUT2D eigenvalue weighted by Gasteiger charge is 2.67. The summed E-state index contributed by atoms with van der Waals surface area (Å²) in [5.74, 6) is -5.03. The molecular formula is C39H33NO6. The summed E-state index contributed by atoms with van der Waals surface area (Å²) in [7, 11) is 0. The Hall–Kier alpha value is -5.43. The molecule has 7 heteroatoms. The van der Waals surface area contributed by atoms with Crippen LogP contribution in [0.3, 0.4) is 0 Å². The number of aryl methyl sites for hydroxylation is 2. The minimum absolute atomic E-state index is 0.0668. The molecule has 1 aliphatic heterocycles. The van der Waals surface area contributed by atoms with Crippen molar-refractivity contribution in [2.45, 2.75) is 39.2 Å². The van der Waals surface area contributed by atoms with Crippen molar-refractivity contribution in [1.82, 2.24) is 0 Å². The molecule has 230 valence electrons. The summed E-state index contributed by atoms with van der Waals surface area (Å²) in [6.45, 7) is 5.02. The molecule has 0 radical (unpaired) electrons. The van der Waals surface area contributed by atoms with Crippen LogP contribution in [0.15, 0.2) is 115 Å².